The number of methoxy groups -OCH3 is 3. The summed E-state index contributed by atoms with van der Waals surface area (Å²) < 4.78 is 15.4. The Hall–Kier alpha value is -2.28. The number of benzene rings is 1. The van der Waals surface area contributed by atoms with Gasteiger partial charge in [0.05, 0.1) is 19.9 Å². The Labute approximate surface area is 142 Å². The maximum atomic E-state index is 12.2. The Bertz CT molecular complexity index is 548. The van der Waals surface area contributed by atoms with Crippen LogP contribution in [0.5, 0.6) is 11.5 Å². The molecule has 1 N–H and O–H groups in total. The molecule has 0 aromatic heterocycles. The largest absolute Gasteiger partial charge is 0.497 e. The highest BCUT2D eigenvalue weighted by Gasteiger charge is 2.13. The summed E-state index contributed by atoms with van der Waals surface area (Å²) in [5.41, 5.74) is 0.538. The monoisotopic (exact) mass is 338 g/mol. The van der Waals surface area contributed by atoms with Gasteiger partial charge in [-0.2, -0.15) is 0 Å². The Kier molecular flexibility index (Phi) is 8.64. The second-order valence-electron chi connectivity index (χ2n) is 5.22. The lowest BCUT2D eigenvalue weighted by Crippen LogP contribution is -2.33. The van der Waals surface area contributed by atoms with E-state index >= 15 is 0 Å². The lowest BCUT2D eigenvalue weighted by atomic mass is 10.2. The summed E-state index contributed by atoms with van der Waals surface area (Å²) in [5.74, 6) is 0.918. The molecule has 0 aliphatic carbocycles. The van der Waals surface area contributed by atoms with E-state index in [1.165, 1.54) is 14.0 Å². The number of hydrogen-bond donors (Lipinski definition) is 1. The SMILES string of the molecule is COCCCN(CCC(=O)Nc1cc(OC)ccc1OC)C(C)=O. The van der Waals surface area contributed by atoms with Crippen molar-refractivity contribution in [3.63, 3.8) is 0 Å². The fraction of sp³-hybridized carbons (Fsp3) is 0.529. The maximum Gasteiger partial charge on any atom is 0.226 e. The van der Waals surface area contributed by atoms with Crippen molar-refractivity contribution in [3.8, 4) is 11.5 Å². The average Bonchev–Trinajstić information content (AvgIpc) is 2.57. The van der Waals surface area contributed by atoms with Crippen LogP contribution >= 0.6 is 0 Å². The second kappa shape index (κ2) is 10.5. The summed E-state index contributed by atoms with van der Waals surface area (Å²) in [6.45, 7) is 3.00. The molecule has 7 heteroatoms. The normalized spacial score (nSPS) is 10.2. The van der Waals surface area contributed by atoms with Gasteiger partial charge in [0, 0.05) is 46.2 Å². The number of carbonyl (C=O) groups is 2. The van der Waals surface area contributed by atoms with Gasteiger partial charge < -0.3 is 24.4 Å². The topological polar surface area (TPSA) is 77.1 Å². The van der Waals surface area contributed by atoms with E-state index in [2.05, 4.69) is 5.32 Å². The van der Waals surface area contributed by atoms with Crippen molar-refractivity contribution < 1.29 is 23.8 Å². The van der Waals surface area contributed by atoms with Crippen molar-refractivity contribution in [1.29, 1.82) is 0 Å². The predicted molar refractivity (Wildman–Crippen MR) is 91.5 cm³/mol. The highest BCUT2D eigenvalue weighted by atomic mass is 16.5. The quantitative estimate of drug-likeness (QED) is 0.660. The smallest absolute Gasteiger partial charge is 0.226 e. The predicted octanol–water partition coefficient (Wildman–Crippen LogP) is 1.92. The van der Waals surface area contributed by atoms with Crippen LogP contribution in [0.2, 0.25) is 0 Å². The Morgan fingerprint density at radius 1 is 1.12 bits per heavy atom. The molecule has 0 atom stereocenters. The van der Waals surface area contributed by atoms with Crippen LogP contribution in [0.1, 0.15) is 19.8 Å². The third kappa shape index (κ3) is 6.45. The van der Waals surface area contributed by atoms with Crippen molar-refractivity contribution in [2.24, 2.45) is 0 Å². The summed E-state index contributed by atoms with van der Waals surface area (Å²) in [7, 11) is 4.70. The molecule has 0 aliphatic heterocycles. The molecule has 0 heterocycles. The summed E-state index contributed by atoms with van der Waals surface area (Å²) in [6, 6.07) is 5.17. The van der Waals surface area contributed by atoms with E-state index in [1.54, 1.807) is 37.3 Å². The first kappa shape index (κ1) is 19.8. The molecule has 1 rings (SSSR count). The molecule has 1 aromatic carbocycles. The Balaban J connectivity index is 2.60. The van der Waals surface area contributed by atoms with Gasteiger partial charge in [0.2, 0.25) is 11.8 Å². The molecule has 0 saturated heterocycles. The molecule has 0 aliphatic rings. The molecule has 134 valence electrons. The fourth-order valence-electron chi connectivity index (χ4n) is 2.19. The highest BCUT2D eigenvalue weighted by Crippen LogP contribution is 2.28. The van der Waals surface area contributed by atoms with E-state index in [4.69, 9.17) is 14.2 Å². The molecular weight excluding hydrogens is 312 g/mol. The minimum atomic E-state index is -0.195. The number of rotatable bonds is 10. The zero-order valence-electron chi connectivity index (χ0n) is 14.8. The summed E-state index contributed by atoms with van der Waals surface area (Å²) >= 11 is 0. The molecule has 0 spiro atoms. The molecular formula is C17H26N2O5. The molecule has 0 radical (unpaired) electrons. The zero-order valence-corrected chi connectivity index (χ0v) is 14.8. The van der Waals surface area contributed by atoms with Gasteiger partial charge >= 0.3 is 0 Å². The second-order valence-corrected chi connectivity index (χ2v) is 5.22. The van der Waals surface area contributed by atoms with Crippen molar-refractivity contribution in [1.82, 2.24) is 4.90 Å². The molecule has 0 bridgehead atoms. The number of ether oxygens (including phenoxy) is 3. The van der Waals surface area contributed by atoms with E-state index in [9.17, 15) is 9.59 Å². The number of carbonyl (C=O) groups excluding carboxylic acids is 2. The van der Waals surface area contributed by atoms with Gasteiger partial charge in [-0.05, 0) is 18.6 Å². The van der Waals surface area contributed by atoms with Crippen LogP contribution in [0.25, 0.3) is 0 Å². The number of anilines is 1. The summed E-state index contributed by atoms with van der Waals surface area (Å²) in [6.07, 6.45) is 0.939. The maximum absolute atomic E-state index is 12.2. The molecule has 0 unspecified atom stereocenters. The van der Waals surface area contributed by atoms with E-state index in [0.717, 1.165) is 6.42 Å². The van der Waals surface area contributed by atoms with Crippen molar-refractivity contribution in [3.05, 3.63) is 18.2 Å². The van der Waals surface area contributed by atoms with Gasteiger partial charge in [-0.3, -0.25) is 9.59 Å². The number of amides is 2. The van der Waals surface area contributed by atoms with Crippen LogP contribution in [0.15, 0.2) is 18.2 Å². The minimum absolute atomic E-state index is 0.0575. The van der Waals surface area contributed by atoms with Gasteiger partial charge in [0.15, 0.2) is 0 Å². The summed E-state index contributed by atoms with van der Waals surface area (Å²) in [4.78, 5) is 25.4. The minimum Gasteiger partial charge on any atom is -0.497 e. The van der Waals surface area contributed by atoms with Gasteiger partial charge in [-0.1, -0.05) is 0 Å². The Morgan fingerprint density at radius 3 is 2.46 bits per heavy atom. The van der Waals surface area contributed by atoms with Gasteiger partial charge in [-0.25, -0.2) is 0 Å². The van der Waals surface area contributed by atoms with Crippen molar-refractivity contribution >= 4 is 17.5 Å². The van der Waals surface area contributed by atoms with Crippen LogP contribution in [0, 0.1) is 0 Å². The molecule has 0 fully saturated rings. The van der Waals surface area contributed by atoms with E-state index in [1.807, 2.05) is 0 Å². The van der Waals surface area contributed by atoms with E-state index in [0.29, 0.717) is 36.9 Å². The van der Waals surface area contributed by atoms with Crippen LogP contribution in [0.4, 0.5) is 5.69 Å². The first-order valence-corrected chi connectivity index (χ1v) is 7.78. The van der Waals surface area contributed by atoms with E-state index in [-0.39, 0.29) is 18.2 Å². The average molecular weight is 338 g/mol. The van der Waals surface area contributed by atoms with Gasteiger partial charge in [0.25, 0.3) is 0 Å². The first-order chi connectivity index (χ1) is 11.5. The van der Waals surface area contributed by atoms with Gasteiger partial charge in [-0.15, -0.1) is 0 Å². The summed E-state index contributed by atoms with van der Waals surface area (Å²) in [5, 5.41) is 2.79. The fourth-order valence-corrected chi connectivity index (χ4v) is 2.19. The molecule has 7 nitrogen and oxygen atoms in total. The van der Waals surface area contributed by atoms with E-state index < -0.39 is 0 Å². The Morgan fingerprint density at radius 2 is 1.88 bits per heavy atom. The number of nitrogens with zero attached hydrogens (tertiary/aromatic N) is 1. The van der Waals surface area contributed by atoms with Crippen molar-refractivity contribution in [2.75, 3.05) is 46.3 Å². The number of hydrogen-bond acceptors (Lipinski definition) is 5. The van der Waals surface area contributed by atoms with Gasteiger partial charge in [0.1, 0.15) is 11.5 Å². The van der Waals surface area contributed by atoms with Crippen LogP contribution in [0.3, 0.4) is 0 Å². The third-order valence-corrected chi connectivity index (χ3v) is 3.51. The molecule has 2 amide bonds. The number of nitrogens with one attached hydrogen (secondary N) is 1. The van der Waals surface area contributed by atoms with Crippen LogP contribution in [-0.2, 0) is 14.3 Å². The van der Waals surface area contributed by atoms with Crippen LogP contribution < -0.4 is 14.8 Å². The van der Waals surface area contributed by atoms with Crippen molar-refractivity contribution in [2.45, 2.75) is 19.8 Å². The zero-order chi connectivity index (χ0) is 17.9. The lowest BCUT2D eigenvalue weighted by Gasteiger charge is -2.20. The van der Waals surface area contributed by atoms with Crippen LogP contribution in [-0.4, -0.2) is 57.7 Å². The highest BCUT2D eigenvalue weighted by molar-refractivity contribution is 5.92. The molecule has 0 saturated carbocycles. The molecule has 24 heavy (non-hydrogen) atoms. The first-order valence-electron chi connectivity index (χ1n) is 7.78. The molecule has 1 aromatic rings. The third-order valence-electron chi connectivity index (χ3n) is 3.51. The standard InChI is InChI=1S/C17H26N2O5/c1-13(20)19(9-5-11-22-2)10-8-17(21)18-15-12-14(23-3)6-7-16(15)24-4/h6-7,12H,5,8-11H2,1-4H3,(H,18,21). The lowest BCUT2D eigenvalue weighted by molar-refractivity contribution is -0.129.